The third-order valence-electron chi connectivity index (χ3n) is 4.35. The fraction of sp³-hybridized carbons (Fsp3) is 0.600. The van der Waals surface area contributed by atoms with Crippen LogP contribution in [0.3, 0.4) is 0 Å². The Labute approximate surface area is 151 Å². The van der Waals surface area contributed by atoms with E-state index in [-0.39, 0.29) is 0 Å². The van der Waals surface area contributed by atoms with Crippen LogP contribution in [0.15, 0.2) is 23.2 Å². The SMILES string of the molecule is CCCC[C@H]1CS/C(=N\c2ccc(C#N)cc2CC)N1CC(C)C. The van der Waals surface area contributed by atoms with E-state index in [9.17, 15) is 0 Å². The third kappa shape index (κ3) is 4.77. The van der Waals surface area contributed by atoms with Crippen molar-refractivity contribution in [2.24, 2.45) is 10.9 Å². The number of hydrogen-bond acceptors (Lipinski definition) is 3. The molecule has 0 bridgehead atoms. The average molecular weight is 344 g/mol. The van der Waals surface area contributed by atoms with Crippen molar-refractivity contribution in [1.82, 2.24) is 4.90 Å². The Morgan fingerprint density at radius 1 is 1.38 bits per heavy atom. The van der Waals surface area contributed by atoms with Gasteiger partial charge >= 0.3 is 0 Å². The summed E-state index contributed by atoms with van der Waals surface area (Å²) < 4.78 is 0. The van der Waals surface area contributed by atoms with Crippen molar-refractivity contribution < 1.29 is 0 Å². The highest BCUT2D eigenvalue weighted by atomic mass is 32.2. The zero-order valence-electron chi connectivity index (χ0n) is 15.4. The summed E-state index contributed by atoms with van der Waals surface area (Å²) >= 11 is 1.89. The molecule has 0 radical (unpaired) electrons. The monoisotopic (exact) mass is 343 g/mol. The lowest BCUT2D eigenvalue weighted by molar-refractivity contribution is 0.295. The van der Waals surface area contributed by atoms with Crippen LogP contribution in [0, 0.1) is 17.2 Å². The Hall–Kier alpha value is -1.47. The zero-order chi connectivity index (χ0) is 17.5. The summed E-state index contributed by atoms with van der Waals surface area (Å²) in [6.45, 7) is 10.00. The summed E-state index contributed by atoms with van der Waals surface area (Å²) in [6, 6.07) is 8.68. The van der Waals surface area contributed by atoms with Crippen molar-refractivity contribution in [2.75, 3.05) is 12.3 Å². The zero-order valence-corrected chi connectivity index (χ0v) is 16.2. The van der Waals surface area contributed by atoms with Gasteiger partial charge in [0.1, 0.15) is 0 Å². The predicted octanol–water partition coefficient (Wildman–Crippen LogP) is 5.37. The number of aryl methyl sites for hydroxylation is 1. The summed E-state index contributed by atoms with van der Waals surface area (Å²) in [4.78, 5) is 7.51. The summed E-state index contributed by atoms with van der Waals surface area (Å²) in [5.74, 6) is 1.77. The smallest absolute Gasteiger partial charge is 0.164 e. The van der Waals surface area contributed by atoms with Gasteiger partial charge in [-0.1, -0.05) is 52.3 Å². The molecule has 0 amide bonds. The molecule has 0 spiro atoms. The Balaban J connectivity index is 2.28. The van der Waals surface area contributed by atoms with Crippen LogP contribution < -0.4 is 0 Å². The number of aliphatic imine (C=N–C) groups is 1. The van der Waals surface area contributed by atoms with Gasteiger partial charge in [0, 0.05) is 18.3 Å². The summed E-state index contributed by atoms with van der Waals surface area (Å²) in [5.41, 5.74) is 2.89. The molecular formula is C20H29N3S. The van der Waals surface area contributed by atoms with E-state index in [1.165, 1.54) is 19.3 Å². The van der Waals surface area contributed by atoms with Crippen LogP contribution in [0.25, 0.3) is 0 Å². The molecule has 1 saturated heterocycles. The van der Waals surface area contributed by atoms with Gasteiger partial charge in [-0.3, -0.25) is 0 Å². The van der Waals surface area contributed by atoms with Gasteiger partial charge in [0.2, 0.25) is 0 Å². The minimum Gasteiger partial charge on any atom is -0.347 e. The first-order valence-electron chi connectivity index (χ1n) is 9.10. The van der Waals surface area contributed by atoms with Crippen molar-refractivity contribution in [3.05, 3.63) is 29.3 Å². The van der Waals surface area contributed by atoms with Crippen LogP contribution in [-0.4, -0.2) is 28.4 Å². The van der Waals surface area contributed by atoms with Crippen molar-refractivity contribution >= 4 is 22.6 Å². The molecule has 0 aromatic heterocycles. The van der Waals surface area contributed by atoms with Crippen LogP contribution in [0.1, 0.15) is 58.1 Å². The highest BCUT2D eigenvalue weighted by molar-refractivity contribution is 8.14. The largest absolute Gasteiger partial charge is 0.347 e. The van der Waals surface area contributed by atoms with Gasteiger partial charge < -0.3 is 4.90 Å². The normalized spacial score (nSPS) is 19.2. The first-order chi connectivity index (χ1) is 11.6. The van der Waals surface area contributed by atoms with E-state index >= 15 is 0 Å². The fourth-order valence-corrected chi connectivity index (χ4v) is 4.29. The lowest BCUT2D eigenvalue weighted by Crippen LogP contribution is -2.36. The second-order valence-corrected chi connectivity index (χ2v) is 7.84. The molecule has 1 fully saturated rings. The number of hydrogen-bond donors (Lipinski definition) is 0. The summed E-state index contributed by atoms with van der Waals surface area (Å²) in [5, 5.41) is 10.2. The van der Waals surface area contributed by atoms with E-state index in [0.29, 0.717) is 12.0 Å². The number of nitrogens with zero attached hydrogens (tertiary/aromatic N) is 3. The van der Waals surface area contributed by atoms with Gasteiger partial charge in [-0.05, 0) is 42.5 Å². The molecule has 1 aromatic rings. The van der Waals surface area contributed by atoms with E-state index in [4.69, 9.17) is 10.3 Å². The van der Waals surface area contributed by atoms with Crippen LogP contribution in [0.5, 0.6) is 0 Å². The predicted molar refractivity (Wildman–Crippen MR) is 105 cm³/mol. The molecule has 4 heteroatoms. The Morgan fingerprint density at radius 2 is 2.17 bits per heavy atom. The molecular weight excluding hydrogens is 314 g/mol. The molecule has 24 heavy (non-hydrogen) atoms. The number of nitriles is 1. The van der Waals surface area contributed by atoms with Crippen molar-refractivity contribution in [1.29, 1.82) is 5.26 Å². The number of rotatable bonds is 7. The van der Waals surface area contributed by atoms with E-state index in [1.54, 1.807) is 0 Å². The van der Waals surface area contributed by atoms with Crippen LogP contribution in [-0.2, 0) is 6.42 Å². The van der Waals surface area contributed by atoms with Gasteiger partial charge in [-0.25, -0.2) is 4.99 Å². The molecule has 3 nitrogen and oxygen atoms in total. The van der Waals surface area contributed by atoms with Crippen LogP contribution in [0.2, 0.25) is 0 Å². The summed E-state index contributed by atoms with van der Waals surface area (Å²) in [6.07, 6.45) is 4.68. The number of unbranched alkanes of at least 4 members (excludes halogenated alkanes) is 1. The van der Waals surface area contributed by atoms with Crippen LogP contribution >= 0.6 is 11.8 Å². The molecule has 1 atom stereocenters. The fourth-order valence-electron chi connectivity index (χ4n) is 3.05. The molecule has 0 unspecified atom stereocenters. The molecule has 1 aromatic carbocycles. The lowest BCUT2D eigenvalue weighted by atomic mass is 10.1. The highest BCUT2D eigenvalue weighted by Gasteiger charge is 2.30. The third-order valence-corrected chi connectivity index (χ3v) is 5.49. The Bertz CT molecular complexity index is 616. The van der Waals surface area contributed by atoms with Crippen molar-refractivity contribution in [2.45, 2.75) is 59.4 Å². The first kappa shape index (κ1) is 18.9. The molecule has 1 aliphatic heterocycles. The summed E-state index contributed by atoms with van der Waals surface area (Å²) in [7, 11) is 0. The number of benzene rings is 1. The highest BCUT2D eigenvalue weighted by Crippen LogP contribution is 2.32. The minimum absolute atomic E-state index is 0.611. The first-order valence-corrected chi connectivity index (χ1v) is 10.1. The quantitative estimate of drug-likeness (QED) is 0.668. The van der Waals surface area contributed by atoms with Gasteiger partial charge in [-0.15, -0.1) is 0 Å². The molecule has 0 aliphatic carbocycles. The second kappa shape index (κ2) is 9.13. The van der Waals surface area contributed by atoms with E-state index in [2.05, 4.69) is 38.7 Å². The molecule has 130 valence electrons. The maximum absolute atomic E-state index is 9.09. The van der Waals surface area contributed by atoms with Gasteiger partial charge in [-0.2, -0.15) is 5.26 Å². The van der Waals surface area contributed by atoms with Gasteiger partial charge in [0.05, 0.1) is 17.3 Å². The standard InChI is InChI=1S/C20H29N3S/c1-5-7-8-18-14-24-20(23(18)13-15(3)4)22-19-10-9-16(12-21)11-17(19)6-2/h9-11,15,18H,5-8,13-14H2,1-4H3/b22-20-/t18-/m0/s1. The molecule has 1 heterocycles. The maximum Gasteiger partial charge on any atom is 0.164 e. The van der Waals surface area contributed by atoms with Crippen LogP contribution in [0.4, 0.5) is 5.69 Å². The second-order valence-electron chi connectivity index (χ2n) is 6.86. The van der Waals surface area contributed by atoms with Gasteiger partial charge in [0.15, 0.2) is 5.17 Å². The average Bonchev–Trinajstić information content (AvgIpc) is 2.94. The Morgan fingerprint density at radius 3 is 2.79 bits per heavy atom. The Kier molecular flexibility index (Phi) is 7.17. The molecule has 1 aliphatic rings. The van der Waals surface area contributed by atoms with E-state index in [0.717, 1.165) is 40.7 Å². The molecule has 0 N–H and O–H groups in total. The minimum atomic E-state index is 0.611. The lowest BCUT2D eigenvalue weighted by Gasteiger charge is -2.28. The molecule has 0 saturated carbocycles. The number of thioether (sulfide) groups is 1. The van der Waals surface area contributed by atoms with Gasteiger partial charge in [0.25, 0.3) is 0 Å². The maximum atomic E-state index is 9.09. The number of amidine groups is 1. The van der Waals surface area contributed by atoms with E-state index < -0.39 is 0 Å². The molecule has 2 rings (SSSR count). The van der Waals surface area contributed by atoms with Crippen molar-refractivity contribution in [3.8, 4) is 6.07 Å². The van der Waals surface area contributed by atoms with Crippen molar-refractivity contribution in [3.63, 3.8) is 0 Å². The van der Waals surface area contributed by atoms with E-state index in [1.807, 2.05) is 30.0 Å². The topological polar surface area (TPSA) is 39.4 Å².